The lowest BCUT2D eigenvalue weighted by Crippen LogP contribution is -2.19. The molecule has 0 saturated carbocycles. The molecule has 1 aromatic rings. The second-order valence-corrected chi connectivity index (χ2v) is 4.79. The van der Waals surface area contributed by atoms with Crippen LogP contribution in [-0.2, 0) is 14.3 Å². The molecule has 108 valence electrons. The van der Waals surface area contributed by atoms with Crippen LogP contribution < -0.4 is 5.32 Å². The number of halogens is 1. The standard InChI is InChI=1S/C13H10FN3O3S/c1-20-11(18)6-10-12(19)16-13(21-10)17-15-7-8-4-2-3-5-9(8)14/h2-7H,1H3,(H,16,17,19)/b10-6+,15-7?. The number of esters is 1. The minimum Gasteiger partial charge on any atom is -0.466 e. The smallest absolute Gasteiger partial charge is 0.331 e. The molecular formula is C13H10FN3O3S. The van der Waals surface area contributed by atoms with Gasteiger partial charge in [0, 0.05) is 11.6 Å². The van der Waals surface area contributed by atoms with E-state index in [0.29, 0.717) is 0 Å². The molecule has 1 fully saturated rings. The molecule has 1 heterocycles. The van der Waals surface area contributed by atoms with Crippen LogP contribution in [0.3, 0.4) is 0 Å². The maximum Gasteiger partial charge on any atom is 0.331 e. The minimum atomic E-state index is -0.635. The number of rotatable bonds is 3. The van der Waals surface area contributed by atoms with Gasteiger partial charge in [-0.1, -0.05) is 18.2 Å². The van der Waals surface area contributed by atoms with Gasteiger partial charge in [-0.15, -0.1) is 5.10 Å². The minimum absolute atomic E-state index is 0.154. The summed E-state index contributed by atoms with van der Waals surface area (Å²) in [5.41, 5.74) is 0.279. The number of benzene rings is 1. The van der Waals surface area contributed by atoms with Crippen LogP contribution >= 0.6 is 11.8 Å². The summed E-state index contributed by atoms with van der Waals surface area (Å²) in [7, 11) is 1.21. The lowest BCUT2D eigenvalue weighted by atomic mass is 10.2. The van der Waals surface area contributed by atoms with Crippen molar-refractivity contribution >= 4 is 35.0 Å². The Bertz CT molecular complexity index is 670. The second-order valence-electron chi connectivity index (χ2n) is 3.76. The van der Waals surface area contributed by atoms with E-state index in [4.69, 9.17) is 0 Å². The molecule has 0 radical (unpaired) electrons. The van der Waals surface area contributed by atoms with Gasteiger partial charge in [-0.3, -0.25) is 10.1 Å². The van der Waals surface area contributed by atoms with E-state index in [1.165, 1.54) is 19.4 Å². The van der Waals surface area contributed by atoms with E-state index in [2.05, 4.69) is 20.3 Å². The van der Waals surface area contributed by atoms with Gasteiger partial charge < -0.3 is 4.74 Å². The largest absolute Gasteiger partial charge is 0.466 e. The summed E-state index contributed by atoms with van der Waals surface area (Å²) in [5.74, 6) is -1.52. The Morgan fingerprint density at radius 3 is 2.90 bits per heavy atom. The predicted molar refractivity (Wildman–Crippen MR) is 77.3 cm³/mol. The highest BCUT2D eigenvalue weighted by Gasteiger charge is 2.24. The van der Waals surface area contributed by atoms with E-state index < -0.39 is 17.7 Å². The van der Waals surface area contributed by atoms with Crippen LogP contribution in [-0.4, -0.2) is 30.4 Å². The maximum atomic E-state index is 13.3. The Balaban J connectivity index is 2.07. The predicted octanol–water partition coefficient (Wildman–Crippen LogP) is 1.44. The number of nitrogens with one attached hydrogen (secondary N) is 1. The van der Waals surface area contributed by atoms with Crippen molar-refractivity contribution in [3.8, 4) is 0 Å². The Hall–Kier alpha value is -2.48. The molecule has 1 saturated heterocycles. The normalized spacial score (nSPS) is 18.5. The van der Waals surface area contributed by atoms with E-state index in [0.717, 1.165) is 17.8 Å². The van der Waals surface area contributed by atoms with Crippen molar-refractivity contribution in [2.24, 2.45) is 10.2 Å². The first-order valence-electron chi connectivity index (χ1n) is 5.74. The van der Waals surface area contributed by atoms with Gasteiger partial charge >= 0.3 is 5.97 Å². The zero-order valence-corrected chi connectivity index (χ0v) is 11.7. The van der Waals surface area contributed by atoms with Crippen LogP contribution in [0.15, 0.2) is 45.4 Å². The molecule has 0 spiro atoms. The first-order chi connectivity index (χ1) is 10.1. The molecule has 0 unspecified atom stereocenters. The van der Waals surface area contributed by atoms with Crippen molar-refractivity contribution in [1.82, 2.24) is 5.32 Å². The van der Waals surface area contributed by atoms with Gasteiger partial charge in [0.05, 0.1) is 18.2 Å². The highest BCUT2D eigenvalue weighted by molar-refractivity contribution is 8.18. The highest BCUT2D eigenvalue weighted by Crippen LogP contribution is 2.23. The summed E-state index contributed by atoms with van der Waals surface area (Å²) in [5, 5.41) is 10.1. The van der Waals surface area contributed by atoms with Gasteiger partial charge in [0.25, 0.3) is 5.91 Å². The lowest BCUT2D eigenvalue weighted by molar-refractivity contribution is -0.135. The number of methoxy groups -OCH3 is 1. The zero-order chi connectivity index (χ0) is 15.2. The number of hydrogen-bond donors (Lipinski definition) is 1. The van der Waals surface area contributed by atoms with E-state index in [1.807, 2.05) is 0 Å². The topological polar surface area (TPSA) is 80.1 Å². The summed E-state index contributed by atoms with van der Waals surface area (Å²) < 4.78 is 17.7. The van der Waals surface area contributed by atoms with Crippen molar-refractivity contribution in [1.29, 1.82) is 0 Å². The lowest BCUT2D eigenvalue weighted by Gasteiger charge is -1.93. The molecule has 1 N–H and O–H groups in total. The fourth-order valence-electron chi connectivity index (χ4n) is 1.36. The zero-order valence-electron chi connectivity index (χ0n) is 10.9. The molecule has 6 nitrogen and oxygen atoms in total. The van der Waals surface area contributed by atoms with Crippen molar-refractivity contribution in [3.05, 3.63) is 46.6 Å². The monoisotopic (exact) mass is 307 g/mol. The molecule has 8 heteroatoms. The van der Waals surface area contributed by atoms with Crippen molar-refractivity contribution in [3.63, 3.8) is 0 Å². The number of amidine groups is 1. The molecule has 1 amide bonds. The van der Waals surface area contributed by atoms with E-state index in [-0.39, 0.29) is 15.6 Å². The van der Waals surface area contributed by atoms with Gasteiger partial charge in [-0.2, -0.15) is 5.10 Å². The van der Waals surface area contributed by atoms with Gasteiger partial charge in [0.1, 0.15) is 5.82 Å². The van der Waals surface area contributed by atoms with Gasteiger partial charge in [0.15, 0.2) is 5.17 Å². The van der Waals surface area contributed by atoms with Crippen LogP contribution in [0.4, 0.5) is 4.39 Å². The number of carbonyl (C=O) groups excluding carboxylic acids is 2. The number of amides is 1. The number of carbonyl (C=O) groups is 2. The number of ether oxygens (including phenoxy) is 1. The molecule has 0 aliphatic carbocycles. The van der Waals surface area contributed by atoms with Crippen LogP contribution in [0.5, 0.6) is 0 Å². The van der Waals surface area contributed by atoms with Crippen molar-refractivity contribution < 1.29 is 18.7 Å². The number of thioether (sulfide) groups is 1. The summed E-state index contributed by atoms with van der Waals surface area (Å²) in [6.07, 6.45) is 2.29. The molecule has 1 aromatic carbocycles. The average molecular weight is 307 g/mol. The third kappa shape index (κ3) is 3.99. The molecule has 0 aromatic heterocycles. The van der Waals surface area contributed by atoms with Crippen molar-refractivity contribution in [2.75, 3.05) is 7.11 Å². The summed E-state index contributed by atoms with van der Waals surface area (Å²) in [6.45, 7) is 0. The fraction of sp³-hybridized carbons (Fsp3) is 0.0769. The molecule has 21 heavy (non-hydrogen) atoms. The molecule has 0 bridgehead atoms. The van der Waals surface area contributed by atoms with Crippen LogP contribution in [0.25, 0.3) is 0 Å². The van der Waals surface area contributed by atoms with Gasteiger partial charge in [-0.05, 0) is 17.8 Å². The SMILES string of the molecule is COC(=O)/C=C1/S/C(=N\N=Cc2ccccc2F)NC1=O. The third-order valence-corrected chi connectivity index (χ3v) is 3.25. The maximum absolute atomic E-state index is 13.3. The summed E-state index contributed by atoms with van der Waals surface area (Å²) >= 11 is 0.944. The third-order valence-electron chi connectivity index (χ3n) is 2.35. The number of nitrogens with zero attached hydrogens (tertiary/aromatic N) is 2. The van der Waals surface area contributed by atoms with Crippen LogP contribution in [0.1, 0.15) is 5.56 Å². The number of hydrogen-bond acceptors (Lipinski definition) is 6. The van der Waals surface area contributed by atoms with E-state index in [9.17, 15) is 14.0 Å². The molecule has 1 aliphatic heterocycles. The molecule has 2 rings (SSSR count). The average Bonchev–Trinajstić information content (AvgIpc) is 2.81. The van der Waals surface area contributed by atoms with Gasteiger partial charge in [0.2, 0.25) is 0 Å². The molecule has 1 aliphatic rings. The first-order valence-corrected chi connectivity index (χ1v) is 6.56. The summed E-state index contributed by atoms with van der Waals surface area (Å²) in [6, 6.07) is 6.08. The molecular weight excluding hydrogens is 297 g/mol. The fourth-order valence-corrected chi connectivity index (χ4v) is 2.10. The first kappa shape index (κ1) is 14.9. The Labute approximate surface area is 123 Å². The van der Waals surface area contributed by atoms with Gasteiger partial charge in [-0.25, -0.2) is 9.18 Å². The Morgan fingerprint density at radius 1 is 1.43 bits per heavy atom. The van der Waals surface area contributed by atoms with Crippen molar-refractivity contribution in [2.45, 2.75) is 0 Å². The van der Waals surface area contributed by atoms with E-state index in [1.54, 1.807) is 18.2 Å². The molecule has 0 atom stereocenters. The Morgan fingerprint density at radius 2 is 2.19 bits per heavy atom. The van der Waals surface area contributed by atoms with Crippen LogP contribution in [0, 0.1) is 5.82 Å². The van der Waals surface area contributed by atoms with E-state index >= 15 is 0 Å². The summed E-state index contributed by atoms with van der Waals surface area (Å²) in [4.78, 5) is 22.7. The quantitative estimate of drug-likeness (QED) is 0.396. The Kier molecular flexibility index (Phi) is 4.83. The highest BCUT2D eigenvalue weighted by atomic mass is 32.2. The van der Waals surface area contributed by atoms with Crippen LogP contribution in [0.2, 0.25) is 0 Å². The second kappa shape index (κ2) is 6.80.